The van der Waals surface area contributed by atoms with Crippen LogP contribution in [0.3, 0.4) is 0 Å². The maximum Gasteiger partial charge on any atom is 0.272 e. The molecule has 0 aliphatic rings. The summed E-state index contributed by atoms with van der Waals surface area (Å²) in [5.41, 5.74) is 3.09. The lowest BCUT2D eigenvalue weighted by Crippen LogP contribution is -2.18. The maximum absolute atomic E-state index is 13.2. The zero-order valence-electron chi connectivity index (χ0n) is 15.3. The topological polar surface area (TPSA) is 43.3 Å². The molecule has 4 rings (SSSR count). The molecule has 6 heteroatoms. The lowest BCUT2D eigenvalue weighted by molar-refractivity contribution is 0.101. The first-order chi connectivity index (χ1) is 13.7. The Morgan fingerprint density at radius 1 is 1.14 bits per heavy atom. The molecule has 0 radical (unpaired) electrons. The number of halogens is 1. The molecule has 1 N–H and O–H groups in total. The molecule has 142 valence electrons. The Hall–Kier alpha value is -3.12. The van der Waals surface area contributed by atoms with Crippen LogP contribution < -0.4 is 10.1 Å². The van der Waals surface area contributed by atoms with Crippen molar-refractivity contribution in [1.29, 1.82) is 0 Å². The second-order valence-corrected chi connectivity index (χ2v) is 7.24. The van der Waals surface area contributed by atoms with Crippen LogP contribution in [-0.4, -0.2) is 17.1 Å². The third kappa shape index (κ3) is 3.64. The van der Waals surface area contributed by atoms with Gasteiger partial charge >= 0.3 is 0 Å². The van der Waals surface area contributed by atoms with Gasteiger partial charge in [0.2, 0.25) is 0 Å². The number of hydrogen-bond donors (Lipinski definition) is 1. The van der Waals surface area contributed by atoms with Crippen molar-refractivity contribution in [2.24, 2.45) is 0 Å². The number of anilines is 1. The van der Waals surface area contributed by atoms with E-state index in [9.17, 15) is 9.18 Å². The SMILES string of the molecule is CCOc1ccccc1NC(=O)c1cc2sccc2n1Cc1ccc(F)cc1. The van der Waals surface area contributed by atoms with Crippen molar-refractivity contribution >= 4 is 33.1 Å². The number of hydrogen-bond acceptors (Lipinski definition) is 3. The van der Waals surface area contributed by atoms with Crippen LogP contribution in [0.2, 0.25) is 0 Å². The molecule has 0 fully saturated rings. The van der Waals surface area contributed by atoms with E-state index >= 15 is 0 Å². The first-order valence-electron chi connectivity index (χ1n) is 9.00. The number of thiophene rings is 1. The molecule has 4 nitrogen and oxygen atoms in total. The van der Waals surface area contributed by atoms with Crippen LogP contribution in [-0.2, 0) is 6.54 Å². The molecule has 28 heavy (non-hydrogen) atoms. The van der Waals surface area contributed by atoms with Gasteiger partial charge in [-0.05, 0) is 54.3 Å². The van der Waals surface area contributed by atoms with Gasteiger partial charge < -0.3 is 14.6 Å². The van der Waals surface area contributed by atoms with E-state index in [-0.39, 0.29) is 11.7 Å². The number of nitrogens with zero attached hydrogens (tertiary/aromatic N) is 1. The van der Waals surface area contributed by atoms with E-state index in [1.165, 1.54) is 12.1 Å². The summed E-state index contributed by atoms with van der Waals surface area (Å²) in [4.78, 5) is 13.1. The van der Waals surface area contributed by atoms with Gasteiger partial charge in [-0.15, -0.1) is 11.3 Å². The highest BCUT2D eigenvalue weighted by atomic mass is 32.1. The minimum Gasteiger partial charge on any atom is -0.492 e. The summed E-state index contributed by atoms with van der Waals surface area (Å²) < 4.78 is 21.8. The van der Waals surface area contributed by atoms with Crippen molar-refractivity contribution < 1.29 is 13.9 Å². The van der Waals surface area contributed by atoms with Crippen molar-refractivity contribution in [2.45, 2.75) is 13.5 Å². The van der Waals surface area contributed by atoms with Crippen molar-refractivity contribution in [1.82, 2.24) is 4.57 Å². The minimum absolute atomic E-state index is 0.210. The number of carbonyl (C=O) groups is 1. The molecule has 2 aromatic carbocycles. The predicted octanol–water partition coefficient (Wildman–Crippen LogP) is 5.54. The summed E-state index contributed by atoms with van der Waals surface area (Å²) >= 11 is 1.58. The zero-order valence-corrected chi connectivity index (χ0v) is 16.1. The predicted molar refractivity (Wildman–Crippen MR) is 111 cm³/mol. The summed E-state index contributed by atoms with van der Waals surface area (Å²) in [6.45, 7) is 2.90. The van der Waals surface area contributed by atoms with Crippen LogP contribution >= 0.6 is 11.3 Å². The number of carbonyl (C=O) groups excluding carboxylic acids is 1. The molecule has 1 amide bonds. The van der Waals surface area contributed by atoms with Gasteiger partial charge in [0.25, 0.3) is 5.91 Å². The smallest absolute Gasteiger partial charge is 0.272 e. The number of para-hydroxylation sites is 2. The summed E-state index contributed by atoms with van der Waals surface area (Å²) in [6, 6.07) is 17.6. The molecule has 0 aliphatic heterocycles. The van der Waals surface area contributed by atoms with Crippen LogP contribution in [0, 0.1) is 5.82 Å². The van der Waals surface area contributed by atoms with E-state index in [1.807, 2.05) is 53.3 Å². The van der Waals surface area contributed by atoms with Gasteiger partial charge in [0, 0.05) is 6.54 Å². The van der Waals surface area contributed by atoms with Gasteiger partial charge in [-0.1, -0.05) is 24.3 Å². The molecule has 2 aromatic heterocycles. The van der Waals surface area contributed by atoms with Crippen molar-refractivity contribution in [3.05, 3.63) is 83.1 Å². The Kier molecular flexibility index (Phi) is 5.12. The number of benzene rings is 2. The molecule has 0 unspecified atom stereocenters. The van der Waals surface area contributed by atoms with E-state index in [4.69, 9.17) is 4.74 Å². The number of rotatable bonds is 6. The van der Waals surface area contributed by atoms with Gasteiger partial charge in [0.05, 0.1) is 22.5 Å². The van der Waals surface area contributed by atoms with E-state index in [2.05, 4.69) is 5.32 Å². The Morgan fingerprint density at radius 2 is 1.93 bits per heavy atom. The number of aromatic nitrogens is 1. The average molecular weight is 394 g/mol. The van der Waals surface area contributed by atoms with Gasteiger partial charge in [-0.2, -0.15) is 0 Å². The molecule has 0 saturated heterocycles. The molecular formula is C22H19FN2O2S. The molecule has 0 spiro atoms. The number of amides is 1. The molecule has 0 saturated carbocycles. The summed E-state index contributed by atoms with van der Waals surface area (Å²) in [5.74, 6) is 0.150. The maximum atomic E-state index is 13.2. The molecule has 0 aliphatic carbocycles. The average Bonchev–Trinajstić information content (AvgIpc) is 3.28. The molecule has 4 aromatic rings. The normalized spacial score (nSPS) is 10.9. The van der Waals surface area contributed by atoms with Crippen LogP contribution in [0.4, 0.5) is 10.1 Å². The van der Waals surface area contributed by atoms with E-state index in [0.29, 0.717) is 30.3 Å². The lowest BCUT2D eigenvalue weighted by atomic mass is 10.2. The van der Waals surface area contributed by atoms with Crippen molar-refractivity contribution in [2.75, 3.05) is 11.9 Å². The van der Waals surface area contributed by atoms with Crippen molar-refractivity contribution in [3.63, 3.8) is 0 Å². The first-order valence-corrected chi connectivity index (χ1v) is 9.88. The molecule has 2 heterocycles. The molecule has 0 bridgehead atoms. The van der Waals surface area contributed by atoms with Crippen LogP contribution in [0.25, 0.3) is 10.2 Å². The summed E-state index contributed by atoms with van der Waals surface area (Å²) in [7, 11) is 0. The Labute approximate surface area is 166 Å². The fourth-order valence-corrected chi connectivity index (χ4v) is 3.97. The highest BCUT2D eigenvalue weighted by molar-refractivity contribution is 7.17. The van der Waals surface area contributed by atoms with Gasteiger partial charge in [-0.3, -0.25) is 4.79 Å². The fraction of sp³-hybridized carbons (Fsp3) is 0.136. The molecule has 0 atom stereocenters. The number of nitrogens with one attached hydrogen (secondary N) is 1. The van der Waals surface area contributed by atoms with E-state index in [0.717, 1.165) is 15.8 Å². The third-order valence-electron chi connectivity index (χ3n) is 4.44. The summed E-state index contributed by atoms with van der Waals surface area (Å²) in [6.07, 6.45) is 0. The van der Waals surface area contributed by atoms with Gasteiger partial charge in [-0.25, -0.2) is 4.39 Å². The Morgan fingerprint density at radius 3 is 2.71 bits per heavy atom. The van der Waals surface area contributed by atoms with Crippen LogP contribution in [0.5, 0.6) is 5.75 Å². The lowest BCUT2D eigenvalue weighted by Gasteiger charge is -2.13. The minimum atomic E-state index is -0.276. The standard InChI is InChI=1S/C22H19FN2O2S/c1-2-27-20-6-4-3-5-17(20)24-22(26)19-13-21-18(11-12-28-21)25(19)14-15-7-9-16(23)10-8-15/h3-13H,2,14H2,1H3,(H,24,26). The highest BCUT2D eigenvalue weighted by Gasteiger charge is 2.18. The number of fused-ring (bicyclic) bond motifs is 1. The van der Waals surface area contributed by atoms with E-state index < -0.39 is 0 Å². The second kappa shape index (κ2) is 7.86. The van der Waals surface area contributed by atoms with Crippen LogP contribution in [0.1, 0.15) is 23.0 Å². The van der Waals surface area contributed by atoms with Crippen LogP contribution in [0.15, 0.2) is 66.0 Å². The fourth-order valence-electron chi connectivity index (χ4n) is 3.15. The van der Waals surface area contributed by atoms with E-state index in [1.54, 1.807) is 23.5 Å². The second-order valence-electron chi connectivity index (χ2n) is 6.30. The largest absolute Gasteiger partial charge is 0.492 e. The first kappa shape index (κ1) is 18.3. The quantitative estimate of drug-likeness (QED) is 0.466. The Bertz CT molecular complexity index is 1120. The summed E-state index contributed by atoms with van der Waals surface area (Å²) in [5, 5.41) is 4.96. The van der Waals surface area contributed by atoms with Gasteiger partial charge in [0.15, 0.2) is 0 Å². The Balaban J connectivity index is 1.67. The third-order valence-corrected chi connectivity index (χ3v) is 5.30. The highest BCUT2D eigenvalue weighted by Crippen LogP contribution is 2.29. The van der Waals surface area contributed by atoms with Crippen molar-refractivity contribution in [3.8, 4) is 5.75 Å². The molecular weight excluding hydrogens is 375 g/mol. The van der Waals surface area contributed by atoms with Gasteiger partial charge in [0.1, 0.15) is 17.3 Å². The monoisotopic (exact) mass is 394 g/mol. The number of ether oxygens (including phenoxy) is 1. The zero-order chi connectivity index (χ0) is 19.5.